The van der Waals surface area contributed by atoms with Gasteiger partial charge in [-0.25, -0.2) is 5.26 Å². The van der Waals surface area contributed by atoms with Crippen LogP contribution in [-0.2, 0) is 8.69 Å². The fourth-order valence-corrected chi connectivity index (χ4v) is 17.5. The van der Waals surface area contributed by atoms with Gasteiger partial charge in [0.05, 0.1) is 5.97 Å². The van der Waals surface area contributed by atoms with Gasteiger partial charge in [0.1, 0.15) is 0 Å². The molecule has 0 saturated carbocycles. The molecule has 182 valence electrons. The summed E-state index contributed by atoms with van der Waals surface area (Å²) in [6, 6.07) is 6.65. The fraction of sp³-hybridized carbons (Fsp3) is 0.960. The molecular formula is C25H54BNO2Si2. The van der Waals surface area contributed by atoms with Crippen LogP contribution < -0.4 is 0 Å². The van der Waals surface area contributed by atoms with Crippen molar-refractivity contribution in [3.8, 4) is 5.97 Å². The Hall–Kier alpha value is -0.0913. The predicted molar refractivity (Wildman–Crippen MR) is 143 cm³/mol. The summed E-state index contributed by atoms with van der Waals surface area (Å²) in [6.07, 6.45) is 0. The monoisotopic (exact) mass is 467 g/mol. The van der Waals surface area contributed by atoms with Crippen molar-refractivity contribution in [2.75, 3.05) is 0 Å². The third kappa shape index (κ3) is 13.3. The molecule has 0 fully saturated rings. The second-order valence-electron chi connectivity index (χ2n) is 12.7. The number of hydrogen-bond donors (Lipinski definition) is 0. The van der Waals surface area contributed by atoms with E-state index in [-0.39, 0.29) is 0 Å². The minimum absolute atomic E-state index is 0.576. The molecule has 0 spiro atoms. The molecule has 0 bridgehead atoms. The Bertz CT molecular complexity index is 437. The van der Waals surface area contributed by atoms with E-state index in [1.54, 1.807) is 0 Å². The van der Waals surface area contributed by atoms with Crippen molar-refractivity contribution < 1.29 is 8.69 Å². The van der Waals surface area contributed by atoms with Crippen LogP contribution in [0, 0.1) is 46.7 Å². The molecule has 0 aliphatic heterocycles. The number of nitrogens with zero attached hydrogens (tertiary/aromatic N) is 1. The van der Waals surface area contributed by atoms with Crippen molar-refractivity contribution in [1.29, 1.82) is 5.26 Å². The standard InChI is InChI=1S/C25H54BNO2Si2/c1-20(2)13-30(14-21(3)4,15-22(5)6)28-26(19-27)29-31(16-23(7)8,17-24(9)10)18-25(11)12/h20-25H,13-18H2,1-12H3. The van der Waals surface area contributed by atoms with Crippen LogP contribution in [0.1, 0.15) is 83.1 Å². The quantitative estimate of drug-likeness (QED) is 0.214. The molecule has 0 unspecified atom stereocenters. The number of nitriles is 1. The van der Waals surface area contributed by atoms with Crippen LogP contribution in [0.3, 0.4) is 0 Å². The first-order valence-corrected chi connectivity index (χ1v) is 18.0. The second kappa shape index (κ2) is 14.2. The molecule has 0 heterocycles. The lowest BCUT2D eigenvalue weighted by Gasteiger charge is -2.41. The fourth-order valence-electron chi connectivity index (χ4n) is 5.78. The van der Waals surface area contributed by atoms with Gasteiger partial charge in [-0.3, -0.25) is 0 Å². The van der Waals surface area contributed by atoms with E-state index in [9.17, 15) is 5.26 Å². The van der Waals surface area contributed by atoms with Crippen LogP contribution in [0.4, 0.5) is 0 Å². The van der Waals surface area contributed by atoms with Crippen LogP contribution >= 0.6 is 0 Å². The minimum Gasteiger partial charge on any atom is -0.441 e. The van der Waals surface area contributed by atoms with E-state index in [0.717, 1.165) is 36.3 Å². The summed E-state index contributed by atoms with van der Waals surface area (Å²) in [5.74, 6) is 5.94. The predicted octanol–water partition coefficient (Wildman–Crippen LogP) is 8.40. The molecule has 0 saturated heterocycles. The highest BCUT2D eigenvalue weighted by Gasteiger charge is 2.46. The first-order chi connectivity index (χ1) is 14.1. The van der Waals surface area contributed by atoms with Gasteiger partial charge in [-0.15, -0.1) is 0 Å². The number of hydrogen-bond acceptors (Lipinski definition) is 3. The van der Waals surface area contributed by atoms with Crippen molar-refractivity contribution in [1.82, 2.24) is 0 Å². The van der Waals surface area contributed by atoms with Gasteiger partial charge < -0.3 is 8.69 Å². The van der Waals surface area contributed by atoms with Crippen LogP contribution in [0.15, 0.2) is 0 Å². The molecule has 0 N–H and O–H groups in total. The molecule has 0 aliphatic carbocycles. The maximum absolute atomic E-state index is 10.2. The van der Waals surface area contributed by atoms with E-state index in [1.807, 2.05) is 0 Å². The Morgan fingerprint density at radius 2 is 0.710 bits per heavy atom. The van der Waals surface area contributed by atoms with Gasteiger partial charge in [0, 0.05) is 0 Å². The van der Waals surface area contributed by atoms with Gasteiger partial charge in [-0.05, 0) is 71.8 Å². The van der Waals surface area contributed by atoms with Gasteiger partial charge >= 0.3 is 7.12 Å². The SMILES string of the molecule is CC(C)C[Si](CC(C)C)(CC(C)C)OB(C#N)O[Si](CC(C)C)(CC(C)C)CC(C)C. The molecule has 0 radical (unpaired) electrons. The molecule has 3 nitrogen and oxygen atoms in total. The molecule has 0 amide bonds. The normalized spacial score (nSPS) is 13.3. The zero-order valence-corrected chi connectivity index (χ0v) is 25.0. The first-order valence-electron chi connectivity index (χ1n) is 12.9. The lowest BCUT2D eigenvalue weighted by Crippen LogP contribution is -2.52. The largest absolute Gasteiger partial charge is 0.557 e. The molecule has 6 heteroatoms. The molecule has 0 aromatic rings. The lowest BCUT2D eigenvalue weighted by molar-refractivity contribution is 0.384. The first kappa shape index (κ1) is 30.9. The highest BCUT2D eigenvalue weighted by Crippen LogP contribution is 2.37. The Morgan fingerprint density at radius 3 is 0.839 bits per heavy atom. The van der Waals surface area contributed by atoms with Crippen molar-refractivity contribution >= 4 is 23.8 Å². The van der Waals surface area contributed by atoms with E-state index in [4.69, 9.17) is 8.69 Å². The maximum atomic E-state index is 10.2. The third-order valence-electron chi connectivity index (χ3n) is 5.50. The number of rotatable bonds is 16. The van der Waals surface area contributed by atoms with Gasteiger partial charge in [-0.2, -0.15) is 0 Å². The van der Waals surface area contributed by atoms with Crippen LogP contribution in [0.2, 0.25) is 36.3 Å². The summed E-state index contributed by atoms with van der Waals surface area (Å²) in [5, 5.41) is 10.2. The highest BCUT2D eigenvalue weighted by atomic mass is 28.4. The maximum Gasteiger partial charge on any atom is 0.557 e. The van der Waals surface area contributed by atoms with Gasteiger partial charge in [-0.1, -0.05) is 83.1 Å². The Kier molecular flexibility index (Phi) is 14.2. The van der Waals surface area contributed by atoms with E-state index in [0.29, 0.717) is 35.5 Å². The van der Waals surface area contributed by atoms with Gasteiger partial charge in [0.15, 0.2) is 16.6 Å². The van der Waals surface area contributed by atoms with Crippen molar-refractivity contribution in [3.63, 3.8) is 0 Å². The average Bonchev–Trinajstić information content (AvgIpc) is 2.49. The molecule has 0 aromatic heterocycles. The summed E-state index contributed by atoms with van der Waals surface area (Å²) >= 11 is 0. The minimum atomic E-state index is -2.11. The molecule has 0 atom stereocenters. The van der Waals surface area contributed by atoms with Gasteiger partial charge in [0.25, 0.3) is 0 Å². The molecular weight excluding hydrogens is 413 g/mol. The smallest absolute Gasteiger partial charge is 0.441 e. The Morgan fingerprint density at radius 1 is 0.516 bits per heavy atom. The molecule has 0 aliphatic rings. The summed E-state index contributed by atoms with van der Waals surface area (Å²) in [5.41, 5.74) is 0. The Balaban J connectivity index is 6.07. The summed E-state index contributed by atoms with van der Waals surface area (Å²) < 4.78 is 13.8. The Labute approximate surface area is 198 Å². The van der Waals surface area contributed by atoms with Crippen molar-refractivity contribution in [3.05, 3.63) is 0 Å². The van der Waals surface area contributed by atoms with E-state index < -0.39 is 23.8 Å². The molecule has 31 heavy (non-hydrogen) atoms. The van der Waals surface area contributed by atoms with Gasteiger partial charge in [0.2, 0.25) is 0 Å². The third-order valence-corrected chi connectivity index (χ3v) is 16.3. The summed E-state index contributed by atoms with van der Waals surface area (Å²) in [7, 11) is -4.93. The highest BCUT2D eigenvalue weighted by molar-refractivity contribution is 6.85. The van der Waals surface area contributed by atoms with Crippen LogP contribution in [-0.4, -0.2) is 23.8 Å². The average molecular weight is 468 g/mol. The summed E-state index contributed by atoms with van der Waals surface area (Å²) in [6.45, 7) is 27.5. The molecule has 0 rings (SSSR count). The van der Waals surface area contributed by atoms with Crippen molar-refractivity contribution in [2.24, 2.45) is 35.5 Å². The summed E-state index contributed by atoms with van der Waals surface area (Å²) in [4.78, 5) is 0. The molecule has 0 aromatic carbocycles. The van der Waals surface area contributed by atoms with E-state index in [1.165, 1.54) is 0 Å². The zero-order chi connectivity index (χ0) is 24.4. The zero-order valence-electron chi connectivity index (χ0n) is 23.0. The topological polar surface area (TPSA) is 42.2 Å². The van der Waals surface area contributed by atoms with E-state index in [2.05, 4.69) is 89.1 Å². The van der Waals surface area contributed by atoms with Crippen LogP contribution in [0.25, 0.3) is 0 Å². The van der Waals surface area contributed by atoms with E-state index >= 15 is 0 Å². The second-order valence-corrected chi connectivity index (χ2v) is 20.3. The lowest BCUT2D eigenvalue weighted by atomic mass is 9.97. The van der Waals surface area contributed by atoms with Crippen molar-refractivity contribution in [2.45, 2.75) is 119 Å². The van der Waals surface area contributed by atoms with Crippen LogP contribution in [0.5, 0.6) is 0 Å².